The molecule has 166 valence electrons. The number of amidine groups is 1. The summed E-state index contributed by atoms with van der Waals surface area (Å²) in [5, 5.41) is 1.31. The first kappa shape index (κ1) is 22.7. The molecule has 2 heterocycles. The number of amides is 1. The molecule has 0 unspecified atom stereocenters. The maximum absolute atomic E-state index is 12.9. The van der Waals surface area contributed by atoms with Crippen LogP contribution in [0.5, 0.6) is 0 Å². The maximum Gasteiger partial charge on any atom is 0.266 e. The minimum atomic E-state index is -0.0702. The zero-order valence-corrected chi connectivity index (χ0v) is 20.7. The topological polar surface area (TPSA) is 35.9 Å². The summed E-state index contributed by atoms with van der Waals surface area (Å²) in [7, 11) is 1.75. The summed E-state index contributed by atoms with van der Waals surface area (Å²) in [6.45, 7) is 9.75. The quantitative estimate of drug-likeness (QED) is 0.456. The summed E-state index contributed by atoms with van der Waals surface area (Å²) in [6, 6.07) is 13.8. The summed E-state index contributed by atoms with van der Waals surface area (Å²) in [5.74, 6) is -0.0699. The van der Waals surface area contributed by atoms with E-state index in [1.165, 1.54) is 17.3 Å². The first-order valence-electron chi connectivity index (χ1n) is 10.8. The molecular weight excluding hydrogens is 438 g/mol. The van der Waals surface area contributed by atoms with Crippen LogP contribution in [0.4, 0.5) is 11.4 Å². The smallest absolute Gasteiger partial charge is 0.266 e. The Balaban J connectivity index is 1.72. The van der Waals surface area contributed by atoms with E-state index in [9.17, 15) is 4.79 Å². The second kappa shape index (κ2) is 8.80. The number of carbonyl (C=O) groups excluding carboxylic acids is 1. The number of thioether (sulfide) groups is 1. The molecule has 0 saturated carbocycles. The number of aliphatic imine (C=N–C) groups is 1. The predicted octanol–water partition coefficient (Wildman–Crippen LogP) is 6.99. The third-order valence-electron chi connectivity index (χ3n) is 5.81. The zero-order chi connectivity index (χ0) is 23.0. The molecule has 32 heavy (non-hydrogen) atoms. The van der Waals surface area contributed by atoms with Gasteiger partial charge in [-0.1, -0.05) is 42.8 Å². The van der Waals surface area contributed by atoms with Crippen molar-refractivity contribution in [3.63, 3.8) is 0 Å². The van der Waals surface area contributed by atoms with Crippen molar-refractivity contribution in [2.75, 3.05) is 18.5 Å². The van der Waals surface area contributed by atoms with E-state index in [2.05, 4.69) is 49.7 Å². The molecule has 2 aliphatic rings. The summed E-state index contributed by atoms with van der Waals surface area (Å²) in [6.07, 6.45) is 5.25. The minimum absolute atomic E-state index is 0.0699. The summed E-state index contributed by atoms with van der Waals surface area (Å²) in [5.41, 5.74) is 5.14. The number of rotatable bonds is 4. The van der Waals surface area contributed by atoms with E-state index in [1.54, 1.807) is 11.9 Å². The number of anilines is 1. The molecule has 0 aromatic heterocycles. The van der Waals surface area contributed by atoms with Gasteiger partial charge in [-0.3, -0.25) is 9.69 Å². The van der Waals surface area contributed by atoms with E-state index < -0.39 is 0 Å². The Morgan fingerprint density at radius 3 is 2.59 bits per heavy atom. The Bertz CT molecular complexity index is 1150. The molecule has 1 amide bonds. The molecule has 0 spiro atoms. The molecule has 0 aliphatic carbocycles. The Morgan fingerprint density at radius 2 is 1.91 bits per heavy atom. The third-order valence-corrected chi connectivity index (χ3v) is 7.20. The lowest BCUT2D eigenvalue weighted by Gasteiger charge is -2.43. The highest BCUT2D eigenvalue weighted by Gasteiger charge is 2.33. The van der Waals surface area contributed by atoms with Gasteiger partial charge in [0, 0.05) is 29.9 Å². The van der Waals surface area contributed by atoms with Crippen molar-refractivity contribution >= 4 is 57.5 Å². The molecular formula is C26H28ClN3OS. The van der Waals surface area contributed by atoms with Crippen LogP contribution < -0.4 is 4.90 Å². The molecule has 1 fully saturated rings. The van der Waals surface area contributed by atoms with E-state index in [1.807, 2.05) is 42.5 Å². The number of hydrogen-bond acceptors (Lipinski definition) is 4. The Hall–Kier alpha value is -2.50. The van der Waals surface area contributed by atoms with Crippen LogP contribution in [0, 0.1) is 0 Å². The lowest BCUT2D eigenvalue weighted by Crippen LogP contribution is -2.45. The SMILES string of the molecule is CCCN1c2cc(Cl)c(/C=C3/SC(=Nc4ccccc4)N(C)C3=O)cc2C(C)=CC1(C)C. The molecule has 2 aliphatic heterocycles. The van der Waals surface area contributed by atoms with Crippen LogP contribution in [0.1, 0.15) is 45.2 Å². The fraction of sp³-hybridized carbons (Fsp3) is 0.308. The number of carbonyl (C=O) groups is 1. The van der Waals surface area contributed by atoms with E-state index in [4.69, 9.17) is 11.6 Å². The van der Waals surface area contributed by atoms with Gasteiger partial charge in [0.25, 0.3) is 5.91 Å². The molecule has 4 nitrogen and oxygen atoms in total. The minimum Gasteiger partial charge on any atom is -0.362 e. The van der Waals surface area contributed by atoms with Crippen molar-refractivity contribution in [3.8, 4) is 0 Å². The molecule has 4 rings (SSSR count). The summed E-state index contributed by atoms with van der Waals surface area (Å²) < 4.78 is 0. The van der Waals surface area contributed by atoms with Crippen molar-refractivity contribution in [2.24, 2.45) is 4.99 Å². The summed E-state index contributed by atoms with van der Waals surface area (Å²) in [4.78, 5) is 22.1. The standard InChI is InChI=1S/C26H28ClN3OS/c1-6-12-30-22-15-21(27)18(13-20(22)17(2)16-26(30,3)4)14-23-24(31)29(5)25(32-23)28-19-10-8-7-9-11-19/h7-11,13-16H,6,12H2,1-5H3/b23-14+,28-25?. The van der Waals surface area contributed by atoms with E-state index in [-0.39, 0.29) is 11.4 Å². The van der Waals surface area contributed by atoms with Crippen molar-refractivity contribution < 1.29 is 4.79 Å². The normalized spacial score (nSPS) is 20.2. The number of fused-ring (bicyclic) bond motifs is 1. The molecule has 1 saturated heterocycles. The van der Waals surface area contributed by atoms with Gasteiger partial charge < -0.3 is 4.90 Å². The number of nitrogens with zero attached hydrogens (tertiary/aromatic N) is 3. The number of halogens is 1. The fourth-order valence-corrected chi connectivity index (χ4v) is 5.45. The highest BCUT2D eigenvalue weighted by atomic mass is 35.5. The van der Waals surface area contributed by atoms with Crippen molar-refractivity contribution in [2.45, 2.75) is 39.7 Å². The van der Waals surface area contributed by atoms with Gasteiger partial charge in [0.05, 0.1) is 16.1 Å². The lowest BCUT2D eigenvalue weighted by molar-refractivity contribution is -0.121. The maximum atomic E-state index is 12.9. The van der Waals surface area contributed by atoms with Crippen LogP contribution in [0.3, 0.4) is 0 Å². The lowest BCUT2D eigenvalue weighted by atomic mass is 9.87. The molecule has 0 N–H and O–H groups in total. The molecule has 0 atom stereocenters. The van der Waals surface area contributed by atoms with Gasteiger partial charge in [0.1, 0.15) is 0 Å². The Labute approximate surface area is 199 Å². The summed E-state index contributed by atoms with van der Waals surface area (Å²) >= 11 is 8.12. The molecule has 0 radical (unpaired) electrons. The number of likely N-dealkylation sites (N-methyl/N-ethyl adjacent to an activating group) is 1. The van der Waals surface area contributed by atoms with Crippen LogP contribution in [0.25, 0.3) is 11.6 Å². The monoisotopic (exact) mass is 465 g/mol. The van der Waals surface area contributed by atoms with Crippen LogP contribution in [0.2, 0.25) is 5.02 Å². The highest BCUT2D eigenvalue weighted by molar-refractivity contribution is 8.18. The van der Waals surface area contributed by atoms with Crippen LogP contribution >= 0.6 is 23.4 Å². The number of allylic oxidation sites excluding steroid dienone is 1. The van der Waals surface area contributed by atoms with Gasteiger partial charge >= 0.3 is 0 Å². The van der Waals surface area contributed by atoms with E-state index in [0.717, 1.165) is 35.5 Å². The van der Waals surface area contributed by atoms with Crippen molar-refractivity contribution in [3.05, 3.63) is 69.6 Å². The van der Waals surface area contributed by atoms with Crippen LogP contribution in [-0.4, -0.2) is 35.1 Å². The second-order valence-electron chi connectivity index (χ2n) is 8.73. The van der Waals surface area contributed by atoms with Gasteiger partial charge in [0.15, 0.2) is 5.17 Å². The molecule has 0 bridgehead atoms. The van der Waals surface area contributed by atoms with Gasteiger partial charge in [-0.05, 0) is 80.4 Å². The van der Waals surface area contributed by atoms with Gasteiger partial charge in [-0.15, -0.1) is 0 Å². The zero-order valence-electron chi connectivity index (χ0n) is 19.1. The number of benzene rings is 2. The van der Waals surface area contributed by atoms with E-state index in [0.29, 0.717) is 15.1 Å². The average Bonchev–Trinajstić information content (AvgIpc) is 3.00. The second-order valence-corrected chi connectivity index (χ2v) is 10.1. The van der Waals surface area contributed by atoms with Gasteiger partial charge in [0.2, 0.25) is 0 Å². The molecule has 6 heteroatoms. The predicted molar refractivity (Wildman–Crippen MR) is 139 cm³/mol. The van der Waals surface area contributed by atoms with Crippen molar-refractivity contribution in [1.82, 2.24) is 4.90 Å². The third kappa shape index (κ3) is 4.24. The van der Waals surface area contributed by atoms with Crippen molar-refractivity contribution in [1.29, 1.82) is 0 Å². The largest absolute Gasteiger partial charge is 0.362 e. The Kier molecular flexibility index (Phi) is 6.24. The Morgan fingerprint density at radius 1 is 1.19 bits per heavy atom. The first-order valence-corrected chi connectivity index (χ1v) is 12.0. The highest BCUT2D eigenvalue weighted by Crippen LogP contribution is 2.43. The van der Waals surface area contributed by atoms with Crippen LogP contribution in [-0.2, 0) is 4.79 Å². The molecule has 2 aromatic rings. The first-order chi connectivity index (χ1) is 15.2. The number of para-hydroxylation sites is 1. The van der Waals surface area contributed by atoms with Gasteiger partial charge in [-0.2, -0.15) is 0 Å². The van der Waals surface area contributed by atoms with Gasteiger partial charge in [-0.25, -0.2) is 4.99 Å². The molecule has 2 aromatic carbocycles. The number of hydrogen-bond donors (Lipinski definition) is 0. The van der Waals surface area contributed by atoms with Crippen LogP contribution in [0.15, 0.2) is 58.4 Å². The average molecular weight is 466 g/mol. The fourth-order valence-electron chi connectivity index (χ4n) is 4.26. The van der Waals surface area contributed by atoms with E-state index >= 15 is 0 Å².